The van der Waals surface area contributed by atoms with Crippen molar-refractivity contribution in [2.24, 2.45) is 0 Å². The summed E-state index contributed by atoms with van der Waals surface area (Å²) >= 11 is 0. The van der Waals surface area contributed by atoms with Crippen LogP contribution in [0.1, 0.15) is 12.5 Å². The number of nitrogens with one attached hydrogen (secondary N) is 2. The first-order chi connectivity index (χ1) is 9.44. The molecule has 0 spiro atoms. The Bertz CT molecular complexity index is 531. The van der Waals surface area contributed by atoms with Gasteiger partial charge in [-0.2, -0.15) is 0 Å². The Balaban J connectivity index is 2.99. The Morgan fingerprint density at radius 3 is 2.55 bits per heavy atom. The third kappa shape index (κ3) is 4.45. The summed E-state index contributed by atoms with van der Waals surface area (Å²) in [4.78, 5) is 0.128. The van der Waals surface area contributed by atoms with Crippen LogP contribution in [-0.4, -0.2) is 42.3 Å². The van der Waals surface area contributed by atoms with Gasteiger partial charge < -0.3 is 14.8 Å². The molecule has 1 unspecified atom stereocenters. The number of methoxy groups -OCH3 is 2. The van der Waals surface area contributed by atoms with Crippen LogP contribution < -0.4 is 14.8 Å². The van der Waals surface area contributed by atoms with Gasteiger partial charge in [0.05, 0.1) is 13.2 Å². The molecule has 0 saturated carbocycles. The Labute approximate surface area is 120 Å². The van der Waals surface area contributed by atoms with Crippen LogP contribution in [-0.2, 0) is 21.3 Å². The van der Waals surface area contributed by atoms with Crippen molar-refractivity contribution in [2.45, 2.75) is 24.5 Å². The molecule has 0 aliphatic heterocycles. The maximum atomic E-state index is 12.2. The van der Waals surface area contributed by atoms with Crippen LogP contribution in [0, 0.1) is 0 Å². The molecule has 0 saturated heterocycles. The maximum absolute atomic E-state index is 12.2. The van der Waals surface area contributed by atoms with E-state index in [4.69, 9.17) is 9.47 Å². The Morgan fingerprint density at radius 2 is 2.00 bits per heavy atom. The van der Waals surface area contributed by atoms with Crippen LogP contribution in [0.25, 0.3) is 0 Å². The van der Waals surface area contributed by atoms with Gasteiger partial charge in [-0.15, -0.1) is 0 Å². The van der Waals surface area contributed by atoms with E-state index in [2.05, 4.69) is 10.0 Å². The van der Waals surface area contributed by atoms with E-state index in [9.17, 15) is 8.42 Å². The van der Waals surface area contributed by atoms with E-state index >= 15 is 0 Å². The molecular weight excluding hydrogens is 280 g/mol. The van der Waals surface area contributed by atoms with E-state index in [1.807, 2.05) is 7.05 Å². The summed E-state index contributed by atoms with van der Waals surface area (Å²) in [6, 6.07) is 5.02. The molecule has 0 aromatic heterocycles. The molecule has 1 atom stereocenters. The molecule has 0 radical (unpaired) electrons. The van der Waals surface area contributed by atoms with Crippen LogP contribution in [0.2, 0.25) is 0 Å². The summed E-state index contributed by atoms with van der Waals surface area (Å²) in [7, 11) is 1.20. The van der Waals surface area contributed by atoms with Crippen molar-refractivity contribution in [1.82, 2.24) is 10.0 Å². The van der Waals surface area contributed by atoms with Crippen LogP contribution in [0.4, 0.5) is 0 Å². The number of hydrogen-bond donors (Lipinski definition) is 2. The predicted octanol–water partition coefficient (Wildman–Crippen LogP) is 0.728. The summed E-state index contributed by atoms with van der Waals surface area (Å²) in [5.74, 6) is 0.329. The molecule has 0 heterocycles. The van der Waals surface area contributed by atoms with Crippen LogP contribution in [0.5, 0.6) is 5.75 Å². The van der Waals surface area contributed by atoms with E-state index in [0.29, 0.717) is 12.3 Å². The Kier molecular flexibility index (Phi) is 6.41. The third-order valence-electron chi connectivity index (χ3n) is 2.86. The van der Waals surface area contributed by atoms with Crippen molar-refractivity contribution in [2.75, 3.05) is 27.8 Å². The highest BCUT2D eigenvalue weighted by atomic mass is 32.2. The average molecular weight is 302 g/mol. The zero-order chi connectivity index (χ0) is 15.2. The molecule has 2 N–H and O–H groups in total. The highest BCUT2D eigenvalue weighted by molar-refractivity contribution is 7.89. The van der Waals surface area contributed by atoms with Crippen molar-refractivity contribution in [1.29, 1.82) is 0 Å². The van der Waals surface area contributed by atoms with E-state index in [1.54, 1.807) is 25.1 Å². The van der Waals surface area contributed by atoms with Gasteiger partial charge in [0.25, 0.3) is 0 Å². The van der Waals surface area contributed by atoms with Crippen molar-refractivity contribution in [3.63, 3.8) is 0 Å². The Morgan fingerprint density at radius 1 is 1.30 bits per heavy atom. The van der Waals surface area contributed by atoms with Gasteiger partial charge in [0, 0.05) is 20.2 Å². The monoisotopic (exact) mass is 302 g/mol. The molecule has 0 amide bonds. The van der Waals surface area contributed by atoms with Crippen LogP contribution in [0.15, 0.2) is 23.1 Å². The van der Waals surface area contributed by atoms with E-state index in [-0.39, 0.29) is 17.5 Å². The number of ether oxygens (including phenoxy) is 2. The minimum absolute atomic E-state index is 0.128. The molecule has 7 heteroatoms. The molecule has 6 nitrogen and oxygen atoms in total. The SMILES string of the molecule is CNCc1ccc(S(=O)(=O)NCC(C)OC)c(OC)c1. The topological polar surface area (TPSA) is 76.7 Å². The summed E-state index contributed by atoms with van der Waals surface area (Å²) in [6.07, 6.45) is -0.195. The van der Waals surface area contributed by atoms with Crippen molar-refractivity contribution < 1.29 is 17.9 Å². The summed E-state index contributed by atoms with van der Waals surface area (Å²) < 4.78 is 37.2. The lowest BCUT2D eigenvalue weighted by atomic mass is 10.2. The highest BCUT2D eigenvalue weighted by Crippen LogP contribution is 2.24. The molecule has 114 valence electrons. The fourth-order valence-electron chi connectivity index (χ4n) is 1.64. The molecule has 0 bridgehead atoms. The van der Waals surface area contributed by atoms with Gasteiger partial charge in [-0.25, -0.2) is 13.1 Å². The normalized spacial score (nSPS) is 13.2. The second-order valence-corrected chi connectivity index (χ2v) is 6.15. The number of benzene rings is 1. The zero-order valence-corrected chi connectivity index (χ0v) is 13.1. The lowest BCUT2D eigenvalue weighted by molar-refractivity contribution is 0.122. The van der Waals surface area contributed by atoms with Gasteiger partial charge in [0.2, 0.25) is 10.0 Å². The third-order valence-corrected chi connectivity index (χ3v) is 4.32. The van der Waals surface area contributed by atoms with Crippen molar-refractivity contribution in [3.8, 4) is 5.75 Å². The minimum Gasteiger partial charge on any atom is -0.495 e. The zero-order valence-electron chi connectivity index (χ0n) is 12.3. The minimum atomic E-state index is -3.62. The molecule has 0 aliphatic rings. The quantitative estimate of drug-likeness (QED) is 0.740. The lowest BCUT2D eigenvalue weighted by Gasteiger charge is -2.14. The summed E-state index contributed by atoms with van der Waals surface area (Å²) in [5, 5.41) is 3.00. The van der Waals surface area contributed by atoms with Gasteiger partial charge in [-0.3, -0.25) is 0 Å². The first-order valence-electron chi connectivity index (χ1n) is 6.28. The smallest absolute Gasteiger partial charge is 0.244 e. The molecular formula is C13H22N2O4S. The van der Waals surface area contributed by atoms with E-state index < -0.39 is 10.0 Å². The van der Waals surface area contributed by atoms with Crippen molar-refractivity contribution in [3.05, 3.63) is 23.8 Å². The first-order valence-corrected chi connectivity index (χ1v) is 7.77. The summed E-state index contributed by atoms with van der Waals surface area (Å²) in [6.45, 7) is 2.64. The van der Waals surface area contributed by atoms with E-state index in [1.165, 1.54) is 14.2 Å². The fourth-order valence-corrected chi connectivity index (χ4v) is 2.90. The molecule has 20 heavy (non-hydrogen) atoms. The second kappa shape index (κ2) is 7.58. The lowest BCUT2D eigenvalue weighted by Crippen LogP contribution is -2.31. The van der Waals surface area contributed by atoms with E-state index in [0.717, 1.165) is 5.56 Å². The van der Waals surface area contributed by atoms with Gasteiger partial charge in [-0.1, -0.05) is 6.07 Å². The highest BCUT2D eigenvalue weighted by Gasteiger charge is 2.20. The van der Waals surface area contributed by atoms with Crippen LogP contribution in [0.3, 0.4) is 0 Å². The second-order valence-electron chi connectivity index (χ2n) is 4.41. The van der Waals surface area contributed by atoms with Gasteiger partial charge in [0.1, 0.15) is 10.6 Å². The molecule has 0 fully saturated rings. The fraction of sp³-hybridized carbons (Fsp3) is 0.538. The van der Waals surface area contributed by atoms with Crippen LogP contribution >= 0.6 is 0 Å². The first kappa shape index (κ1) is 16.9. The maximum Gasteiger partial charge on any atom is 0.244 e. The molecule has 1 rings (SSSR count). The summed E-state index contributed by atoms with van der Waals surface area (Å²) in [5.41, 5.74) is 0.952. The predicted molar refractivity (Wildman–Crippen MR) is 77.4 cm³/mol. The standard InChI is InChI=1S/C13H22N2O4S/c1-10(18-3)8-15-20(16,17)13-6-5-11(9-14-2)7-12(13)19-4/h5-7,10,14-15H,8-9H2,1-4H3. The molecule has 0 aliphatic carbocycles. The van der Waals surface area contributed by atoms with Crippen molar-refractivity contribution >= 4 is 10.0 Å². The van der Waals surface area contributed by atoms with Gasteiger partial charge in [-0.05, 0) is 31.7 Å². The average Bonchev–Trinajstić information content (AvgIpc) is 2.44. The molecule has 1 aromatic rings. The Hall–Kier alpha value is -1.15. The molecule has 1 aromatic carbocycles. The van der Waals surface area contributed by atoms with Gasteiger partial charge >= 0.3 is 0 Å². The largest absolute Gasteiger partial charge is 0.495 e. The number of hydrogen-bond acceptors (Lipinski definition) is 5. The number of rotatable bonds is 8. The number of sulfonamides is 1. The van der Waals surface area contributed by atoms with Gasteiger partial charge in [0.15, 0.2) is 0 Å².